The van der Waals surface area contributed by atoms with Gasteiger partial charge in [0.2, 0.25) is 11.7 Å². The molecule has 0 aliphatic rings. The highest BCUT2D eigenvalue weighted by Crippen LogP contribution is 2.16. The van der Waals surface area contributed by atoms with Gasteiger partial charge in [-0.25, -0.2) is 0 Å². The molecular formula is C13H17BrN4O. The smallest absolute Gasteiger partial charge is 0.228 e. The van der Waals surface area contributed by atoms with Gasteiger partial charge in [-0.05, 0) is 41.0 Å². The van der Waals surface area contributed by atoms with Gasteiger partial charge < -0.3 is 9.84 Å². The average molecular weight is 325 g/mol. The Kier molecular flexibility index (Phi) is 5.04. The normalized spacial score (nSPS) is 12.6. The molecule has 1 atom stereocenters. The van der Waals surface area contributed by atoms with Gasteiger partial charge in [-0.3, -0.25) is 4.98 Å². The molecule has 0 aliphatic heterocycles. The maximum atomic E-state index is 5.28. The summed E-state index contributed by atoms with van der Waals surface area (Å²) in [6.45, 7) is 5.17. The lowest BCUT2D eigenvalue weighted by Crippen LogP contribution is -2.30. The van der Waals surface area contributed by atoms with E-state index in [2.05, 4.69) is 50.2 Å². The zero-order valence-corrected chi connectivity index (χ0v) is 12.6. The minimum Gasteiger partial charge on any atom is -0.339 e. The van der Waals surface area contributed by atoms with E-state index >= 15 is 0 Å². The molecular weight excluding hydrogens is 308 g/mol. The Hall–Kier alpha value is -1.27. The summed E-state index contributed by atoms with van der Waals surface area (Å²) in [5.74, 6) is 1.18. The predicted octanol–water partition coefficient (Wildman–Crippen LogP) is 2.82. The van der Waals surface area contributed by atoms with Gasteiger partial charge in [0.15, 0.2) is 0 Å². The molecule has 0 aliphatic carbocycles. The lowest BCUT2D eigenvalue weighted by molar-refractivity contribution is 0.355. The van der Waals surface area contributed by atoms with Crippen molar-refractivity contribution in [2.24, 2.45) is 0 Å². The van der Waals surface area contributed by atoms with Crippen molar-refractivity contribution in [1.82, 2.24) is 20.4 Å². The van der Waals surface area contributed by atoms with Crippen molar-refractivity contribution in [3.63, 3.8) is 0 Å². The second kappa shape index (κ2) is 6.77. The van der Waals surface area contributed by atoms with Crippen LogP contribution >= 0.6 is 15.9 Å². The molecule has 2 heterocycles. The van der Waals surface area contributed by atoms with E-state index in [1.165, 1.54) is 0 Å². The molecule has 19 heavy (non-hydrogen) atoms. The lowest BCUT2D eigenvalue weighted by atomic mass is 10.1. The van der Waals surface area contributed by atoms with E-state index in [0.717, 1.165) is 29.6 Å². The SMILES string of the molecule is CCNC(CC)Cc1nc(-c2ccc(Br)cn2)no1. The maximum Gasteiger partial charge on any atom is 0.228 e. The van der Waals surface area contributed by atoms with Crippen LogP contribution in [0.3, 0.4) is 0 Å². The predicted molar refractivity (Wildman–Crippen MR) is 76.7 cm³/mol. The summed E-state index contributed by atoms with van der Waals surface area (Å²) in [7, 11) is 0. The van der Waals surface area contributed by atoms with Crippen LogP contribution in [0.2, 0.25) is 0 Å². The lowest BCUT2D eigenvalue weighted by Gasteiger charge is -2.12. The highest BCUT2D eigenvalue weighted by Gasteiger charge is 2.13. The van der Waals surface area contributed by atoms with E-state index in [4.69, 9.17) is 4.52 Å². The van der Waals surface area contributed by atoms with Crippen LogP contribution in [0, 0.1) is 0 Å². The van der Waals surface area contributed by atoms with Gasteiger partial charge in [0.05, 0.1) is 0 Å². The molecule has 1 N–H and O–H groups in total. The molecule has 0 radical (unpaired) electrons. The molecule has 2 rings (SSSR count). The standard InChI is InChI=1S/C13H17BrN4O/c1-3-10(15-4-2)7-12-17-13(18-19-12)11-6-5-9(14)8-16-11/h5-6,8,10,15H,3-4,7H2,1-2H3. The fourth-order valence-electron chi connectivity index (χ4n) is 1.81. The Morgan fingerprint density at radius 2 is 2.21 bits per heavy atom. The van der Waals surface area contributed by atoms with Gasteiger partial charge in [0.25, 0.3) is 0 Å². The van der Waals surface area contributed by atoms with Gasteiger partial charge >= 0.3 is 0 Å². The van der Waals surface area contributed by atoms with Gasteiger partial charge in [0, 0.05) is 23.1 Å². The van der Waals surface area contributed by atoms with Crippen molar-refractivity contribution in [2.45, 2.75) is 32.7 Å². The van der Waals surface area contributed by atoms with Crippen LogP contribution in [0.1, 0.15) is 26.2 Å². The van der Waals surface area contributed by atoms with E-state index in [1.54, 1.807) is 6.20 Å². The summed E-state index contributed by atoms with van der Waals surface area (Å²) in [6.07, 6.45) is 3.49. The zero-order valence-electron chi connectivity index (χ0n) is 11.1. The number of hydrogen-bond donors (Lipinski definition) is 1. The molecule has 0 aromatic carbocycles. The number of pyridine rings is 1. The molecule has 0 saturated carbocycles. The second-order valence-electron chi connectivity index (χ2n) is 4.24. The monoisotopic (exact) mass is 324 g/mol. The first kappa shape index (κ1) is 14.1. The van der Waals surface area contributed by atoms with Crippen molar-refractivity contribution in [1.29, 1.82) is 0 Å². The van der Waals surface area contributed by atoms with E-state index in [-0.39, 0.29) is 0 Å². The quantitative estimate of drug-likeness (QED) is 0.885. The third kappa shape index (κ3) is 3.84. The summed E-state index contributed by atoms with van der Waals surface area (Å²) in [4.78, 5) is 8.63. The number of halogens is 1. The zero-order chi connectivity index (χ0) is 13.7. The van der Waals surface area contributed by atoms with Crippen molar-refractivity contribution in [3.8, 4) is 11.5 Å². The van der Waals surface area contributed by atoms with Gasteiger partial charge in [0.1, 0.15) is 5.69 Å². The maximum absolute atomic E-state index is 5.28. The fourth-order valence-corrected chi connectivity index (χ4v) is 2.04. The van der Waals surface area contributed by atoms with Crippen LogP contribution in [-0.2, 0) is 6.42 Å². The molecule has 0 amide bonds. The van der Waals surface area contributed by atoms with Crippen LogP contribution in [0.15, 0.2) is 27.3 Å². The molecule has 0 bridgehead atoms. The third-order valence-electron chi connectivity index (χ3n) is 2.83. The topological polar surface area (TPSA) is 63.8 Å². The van der Waals surface area contributed by atoms with Crippen LogP contribution in [-0.4, -0.2) is 27.7 Å². The van der Waals surface area contributed by atoms with Crippen molar-refractivity contribution < 1.29 is 4.52 Å². The summed E-state index contributed by atoms with van der Waals surface area (Å²) in [5, 5.41) is 7.36. The minimum atomic E-state index is 0.371. The highest BCUT2D eigenvalue weighted by molar-refractivity contribution is 9.10. The minimum absolute atomic E-state index is 0.371. The van der Waals surface area contributed by atoms with Gasteiger partial charge in [-0.15, -0.1) is 0 Å². The second-order valence-corrected chi connectivity index (χ2v) is 5.16. The first-order valence-electron chi connectivity index (χ1n) is 6.40. The summed E-state index contributed by atoms with van der Waals surface area (Å²) in [6, 6.07) is 4.14. The van der Waals surface area contributed by atoms with Crippen LogP contribution in [0.4, 0.5) is 0 Å². The Balaban J connectivity index is 2.08. The molecule has 0 spiro atoms. The molecule has 2 aromatic heterocycles. The van der Waals surface area contributed by atoms with Crippen molar-refractivity contribution in [3.05, 3.63) is 28.7 Å². The fraction of sp³-hybridized carbons (Fsp3) is 0.462. The molecule has 0 fully saturated rings. The Morgan fingerprint density at radius 3 is 2.84 bits per heavy atom. The number of rotatable bonds is 6. The van der Waals surface area contributed by atoms with E-state index < -0.39 is 0 Å². The highest BCUT2D eigenvalue weighted by atomic mass is 79.9. The number of aromatic nitrogens is 3. The van der Waals surface area contributed by atoms with Crippen LogP contribution in [0.5, 0.6) is 0 Å². The summed E-state index contributed by atoms with van der Waals surface area (Å²) >= 11 is 3.35. The molecule has 6 heteroatoms. The van der Waals surface area contributed by atoms with Gasteiger partial charge in [-0.1, -0.05) is 19.0 Å². The third-order valence-corrected chi connectivity index (χ3v) is 3.30. The summed E-state index contributed by atoms with van der Waals surface area (Å²) in [5.41, 5.74) is 0.717. The first-order valence-corrected chi connectivity index (χ1v) is 7.20. The van der Waals surface area contributed by atoms with Crippen molar-refractivity contribution >= 4 is 15.9 Å². The van der Waals surface area contributed by atoms with E-state index in [0.29, 0.717) is 17.8 Å². The Labute approximate surface area is 121 Å². The molecule has 5 nitrogen and oxygen atoms in total. The molecule has 2 aromatic rings. The molecule has 102 valence electrons. The largest absolute Gasteiger partial charge is 0.339 e. The molecule has 0 saturated heterocycles. The number of nitrogens with one attached hydrogen (secondary N) is 1. The van der Waals surface area contributed by atoms with E-state index in [9.17, 15) is 0 Å². The first-order chi connectivity index (χ1) is 9.22. The Morgan fingerprint density at radius 1 is 1.37 bits per heavy atom. The molecule has 1 unspecified atom stereocenters. The summed E-state index contributed by atoms with van der Waals surface area (Å²) < 4.78 is 6.20. The number of hydrogen-bond acceptors (Lipinski definition) is 5. The van der Waals surface area contributed by atoms with Gasteiger partial charge in [-0.2, -0.15) is 4.98 Å². The van der Waals surface area contributed by atoms with E-state index in [1.807, 2.05) is 12.1 Å². The van der Waals surface area contributed by atoms with Crippen LogP contribution < -0.4 is 5.32 Å². The number of likely N-dealkylation sites (N-methyl/N-ethyl adjacent to an activating group) is 1. The van der Waals surface area contributed by atoms with Crippen LogP contribution in [0.25, 0.3) is 11.5 Å². The Bertz CT molecular complexity index is 512. The van der Waals surface area contributed by atoms with Crippen molar-refractivity contribution in [2.75, 3.05) is 6.54 Å². The number of nitrogens with zero attached hydrogens (tertiary/aromatic N) is 3. The average Bonchev–Trinajstić information content (AvgIpc) is 2.87.